The second-order valence-electron chi connectivity index (χ2n) is 5.77. The third-order valence-electron chi connectivity index (χ3n) is 4.63. The van der Waals surface area contributed by atoms with Crippen molar-refractivity contribution in [2.45, 2.75) is 70.4 Å². The molecule has 3 nitrogen and oxygen atoms in total. The number of nitrogens with zero attached hydrogens (tertiary/aromatic N) is 1. The Morgan fingerprint density at radius 3 is 2.76 bits per heavy atom. The SMILES string of the molecule is CC(CCC(=O)O)N1CCC[C@H]2CCCC[C@H]21. The highest BCUT2D eigenvalue weighted by molar-refractivity contribution is 5.66. The Hall–Kier alpha value is -0.570. The van der Waals surface area contributed by atoms with Crippen LogP contribution in [0, 0.1) is 5.92 Å². The number of rotatable bonds is 4. The van der Waals surface area contributed by atoms with Crippen molar-refractivity contribution < 1.29 is 9.90 Å². The maximum absolute atomic E-state index is 10.7. The average molecular weight is 239 g/mol. The number of likely N-dealkylation sites (tertiary alicyclic amines) is 1. The summed E-state index contributed by atoms with van der Waals surface area (Å²) in [6.45, 7) is 3.39. The van der Waals surface area contributed by atoms with Gasteiger partial charge in [-0.25, -0.2) is 0 Å². The fourth-order valence-corrected chi connectivity index (χ4v) is 3.71. The topological polar surface area (TPSA) is 40.5 Å². The largest absolute Gasteiger partial charge is 0.481 e. The Bertz CT molecular complexity index is 265. The van der Waals surface area contributed by atoms with Crippen LogP contribution in [0.3, 0.4) is 0 Å². The molecule has 0 aromatic rings. The first kappa shape index (κ1) is 12.9. The van der Waals surface area contributed by atoms with E-state index in [1.165, 1.54) is 45.1 Å². The van der Waals surface area contributed by atoms with E-state index in [2.05, 4.69) is 11.8 Å². The summed E-state index contributed by atoms with van der Waals surface area (Å²) in [6.07, 6.45) is 9.32. The summed E-state index contributed by atoms with van der Waals surface area (Å²) >= 11 is 0. The van der Waals surface area contributed by atoms with Gasteiger partial charge in [-0.15, -0.1) is 0 Å². The second kappa shape index (κ2) is 5.85. The lowest BCUT2D eigenvalue weighted by molar-refractivity contribution is -0.137. The molecule has 98 valence electrons. The van der Waals surface area contributed by atoms with Gasteiger partial charge in [-0.3, -0.25) is 9.69 Å². The number of carboxylic acid groups (broad SMARTS) is 1. The number of aliphatic carboxylic acids is 1. The van der Waals surface area contributed by atoms with Crippen molar-refractivity contribution in [1.82, 2.24) is 4.90 Å². The van der Waals surface area contributed by atoms with Gasteiger partial charge in [0.25, 0.3) is 0 Å². The van der Waals surface area contributed by atoms with Crippen LogP contribution in [-0.2, 0) is 4.79 Å². The molecule has 1 saturated heterocycles. The monoisotopic (exact) mass is 239 g/mol. The van der Waals surface area contributed by atoms with Crippen molar-refractivity contribution in [1.29, 1.82) is 0 Å². The summed E-state index contributed by atoms with van der Waals surface area (Å²) in [4.78, 5) is 13.3. The van der Waals surface area contributed by atoms with Crippen LogP contribution in [0.15, 0.2) is 0 Å². The van der Waals surface area contributed by atoms with Gasteiger partial charge in [-0.2, -0.15) is 0 Å². The molecule has 3 heteroatoms. The molecule has 0 amide bonds. The molecular formula is C14H25NO2. The van der Waals surface area contributed by atoms with Gasteiger partial charge in [0.05, 0.1) is 0 Å². The molecule has 2 fully saturated rings. The summed E-state index contributed by atoms with van der Waals surface area (Å²) < 4.78 is 0. The normalized spacial score (nSPS) is 31.8. The molecule has 17 heavy (non-hydrogen) atoms. The summed E-state index contributed by atoms with van der Waals surface area (Å²) in [5, 5.41) is 8.77. The minimum Gasteiger partial charge on any atom is -0.481 e. The highest BCUT2D eigenvalue weighted by Crippen LogP contribution is 2.36. The molecule has 1 saturated carbocycles. The van der Waals surface area contributed by atoms with Crippen molar-refractivity contribution in [2.75, 3.05) is 6.54 Å². The third-order valence-corrected chi connectivity index (χ3v) is 4.63. The lowest BCUT2D eigenvalue weighted by atomic mass is 9.77. The van der Waals surface area contributed by atoms with Gasteiger partial charge in [0.15, 0.2) is 0 Å². The molecule has 1 aliphatic heterocycles. The maximum atomic E-state index is 10.7. The van der Waals surface area contributed by atoms with Crippen LogP contribution in [-0.4, -0.2) is 34.6 Å². The van der Waals surface area contributed by atoms with Crippen LogP contribution in [0.4, 0.5) is 0 Å². The number of carboxylic acids is 1. The molecule has 2 aliphatic rings. The van der Waals surface area contributed by atoms with Crippen LogP contribution >= 0.6 is 0 Å². The summed E-state index contributed by atoms with van der Waals surface area (Å²) in [6, 6.07) is 1.19. The molecule has 0 aromatic carbocycles. The van der Waals surface area contributed by atoms with Crippen molar-refractivity contribution in [3.8, 4) is 0 Å². The van der Waals surface area contributed by atoms with Crippen molar-refractivity contribution >= 4 is 5.97 Å². The first-order chi connectivity index (χ1) is 8.18. The predicted molar refractivity (Wildman–Crippen MR) is 68.0 cm³/mol. The van der Waals surface area contributed by atoms with Gasteiger partial charge in [0, 0.05) is 18.5 Å². The molecule has 0 aromatic heterocycles. The zero-order valence-corrected chi connectivity index (χ0v) is 10.9. The van der Waals surface area contributed by atoms with Gasteiger partial charge in [0.2, 0.25) is 0 Å². The standard InChI is InChI=1S/C14H25NO2/c1-11(8-9-14(16)17)15-10-4-6-12-5-2-3-7-13(12)15/h11-13H,2-10H2,1H3,(H,16,17)/t11?,12-,13-/m1/s1. The number of hydrogen-bond acceptors (Lipinski definition) is 2. The third kappa shape index (κ3) is 3.21. The van der Waals surface area contributed by atoms with E-state index in [0.29, 0.717) is 12.5 Å². The van der Waals surface area contributed by atoms with E-state index in [0.717, 1.165) is 18.4 Å². The van der Waals surface area contributed by atoms with E-state index in [9.17, 15) is 4.79 Å². The van der Waals surface area contributed by atoms with Crippen LogP contribution in [0.2, 0.25) is 0 Å². The molecule has 0 bridgehead atoms. The summed E-state index contributed by atoms with van der Waals surface area (Å²) in [5.74, 6) is 0.235. The molecular weight excluding hydrogens is 214 g/mol. The molecule has 3 atom stereocenters. The smallest absolute Gasteiger partial charge is 0.303 e. The molecule has 1 aliphatic carbocycles. The van der Waals surface area contributed by atoms with E-state index in [1.807, 2.05) is 0 Å². The first-order valence-corrected chi connectivity index (χ1v) is 7.16. The van der Waals surface area contributed by atoms with Gasteiger partial charge in [-0.05, 0) is 51.5 Å². The summed E-state index contributed by atoms with van der Waals surface area (Å²) in [5.41, 5.74) is 0. The van der Waals surface area contributed by atoms with Crippen molar-refractivity contribution in [3.63, 3.8) is 0 Å². The number of carbonyl (C=O) groups is 1. The van der Waals surface area contributed by atoms with Crippen LogP contribution in [0.25, 0.3) is 0 Å². The minimum atomic E-state index is -0.658. The zero-order valence-electron chi connectivity index (χ0n) is 10.9. The number of piperidine rings is 1. The van der Waals surface area contributed by atoms with Gasteiger partial charge >= 0.3 is 5.97 Å². The Morgan fingerprint density at radius 2 is 2.00 bits per heavy atom. The van der Waals surface area contributed by atoms with Gasteiger partial charge in [0.1, 0.15) is 0 Å². The predicted octanol–water partition coefficient (Wildman–Crippen LogP) is 2.89. The zero-order chi connectivity index (χ0) is 12.3. The van der Waals surface area contributed by atoms with E-state index in [1.54, 1.807) is 0 Å². The molecule has 2 rings (SSSR count). The Balaban J connectivity index is 1.91. The average Bonchev–Trinajstić information content (AvgIpc) is 2.35. The maximum Gasteiger partial charge on any atom is 0.303 e. The first-order valence-electron chi connectivity index (χ1n) is 7.16. The lowest BCUT2D eigenvalue weighted by Gasteiger charge is -2.47. The van der Waals surface area contributed by atoms with Crippen molar-refractivity contribution in [3.05, 3.63) is 0 Å². The molecule has 0 spiro atoms. The van der Waals surface area contributed by atoms with Crippen molar-refractivity contribution in [2.24, 2.45) is 5.92 Å². The highest BCUT2D eigenvalue weighted by Gasteiger charge is 2.35. The molecule has 1 N–H and O–H groups in total. The molecule has 1 unspecified atom stereocenters. The Labute approximate surface area is 104 Å². The quantitative estimate of drug-likeness (QED) is 0.820. The molecule has 0 radical (unpaired) electrons. The number of fused-ring (bicyclic) bond motifs is 1. The van der Waals surface area contributed by atoms with E-state index < -0.39 is 5.97 Å². The lowest BCUT2D eigenvalue weighted by Crippen LogP contribution is -2.50. The van der Waals surface area contributed by atoms with Crippen LogP contribution < -0.4 is 0 Å². The second-order valence-corrected chi connectivity index (χ2v) is 5.77. The van der Waals surface area contributed by atoms with Crippen LogP contribution in [0.1, 0.15) is 58.3 Å². The fourth-order valence-electron chi connectivity index (χ4n) is 3.71. The van der Waals surface area contributed by atoms with E-state index in [-0.39, 0.29) is 0 Å². The van der Waals surface area contributed by atoms with Crippen LogP contribution in [0.5, 0.6) is 0 Å². The highest BCUT2D eigenvalue weighted by atomic mass is 16.4. The van der Waals surface area contributed by atoms with Gasteiger partial charge < -0.3 is 5.11 Å². The van der Waals surface area contributed by atoms with E-state index >= 15 is 0 Å². The fraction of sp³-hybridized carbons (Fsp3) is 0.929. The van der Waals surface area contributed by atoms with Gasteiger partial charge in [-0.1, -0.05) is 12.8 Å². The molecule has 1 heterocycles. The Kier molecular flexibility index (Phi) is 4.43. The Morgan fingerprint density at radius 1 is 1.29 bits per heavy atom. The minimum absolute atomic E-state index is 0.315. The summed E-state index contributed by atoms with van der Waals surface area (Å²) in [7, 11) is 0. The van der Waals surface area contributed by atoms with E-state index in [4.69, 9.17) is 5.11 Å². The number of hydrogen-bond donors (Lipinski definition) is 1.